The maximum atomic E-state index is 11.1. The summed E-state index contributed by atoms with van der Waals surface area (Å²) in [4.78, 5) is 16.8. The van der Waals surface area contributed by atoms with Gasteiger partial charge in [0.15, 0.2) is 0 Å². The van der Waals surface area contributed by atoms with Crippen molar-refractivity contribution in [1.82, 2.24) is 14.7 Å². The summed E-state index contributed by atoms with van der Waals surface area (Å²) < 4.78 is 5.54. The summed E-state index contributed by atoms with van der Waals surface area (Å²) in [6.45, 7) is 4.67. The lowest BCUT2D eigenvalue weighted by molar-refractivity contribution is 0.115. The molecule has 0 fully saturated rings. The average molecular weight is 303 g/mol. The van der Waals surface area contributed by atoms with Gasteiger partial charge in [-0.15, -0.1) is 0 Å². The normalized spacial score (nSPS) is 11.3. The zero-order valence-electron chi connectivity index (χ0n) is 14.2. The number of carbonyl (C=O) groups is 1. The molecule has 0 heterocycles. The summed E-state index contributed by atoms with van der Waals surface area (Å²) in [5, 5.41) is 9.14. The summed E-state index contributed by atoms with van der Waals surface area (Å²) in [6.07, 6.45) is 2.88. The molecule has 0 aromatic rings. The van der Waals surface area contributed by atoms with Crippen LogP contribution in [0.4, 0.5) is 4.79 Å². The molecular formula is C15H33N3O3. The van der Waals surface area contributed by atoms with Gasteiger partial charge in [0, 0.05) is 26.3 Å². The Morgan fingerprint density at radius 3 is 1.90 bits per heavy atom. The SMILES string of the molecule is CN(C)CCCOCCCCN(CCCN(C)C)C(=O)O. The number of hydrogen-bond donors (Lipinski definition) is 1. The highest BCUT2D eigenvalue weighted by molar-refractivity contribution is 5.64. The van der Waals surface area contributed by atoms with E-state index >= 15 is 0 Å². The zero-order valence-corrected chi connectivity index (χ0v) is 14.2. The van der Waals surface area contributed by atoms with E-state index in [4.69, 9.17) is 9.84 Å². The van der Waals surface area contributed by atoms with Crippen LogP contribution < -0.4 is 0 Å². The van der Waals surface area contributed by atoms with Crippen LogP contribution in [0.3, 0.4) is 0 Å². The third-order valence-electron chi connectivity index (χ3n) is 3.16. The molecule has 21 heavy (non-hydrogen) atoms. The van der Waals surface area contributed by atoms with Crippen LogP contribution in [0.15, 0.2) is 0 Å². The third-order valence-corrected chi connectivity index (χ3v) is 3.16. The highest BCUT2D eigenvalue weighted by atomic mass is 16.5. The van der Waals surface area contributed by atoms with E-state index in [0.29, 0.717) is 13.1 Å². The first-order valence-electron chi connectivity index (χ1n) is 7.78. The Bertz CT molecular complexity index is 261. The molecule has 126 valence electrons. The molecule has 0 saturated heterocycles. The van der Waals surface area contributed by atoms with Gasteiger partial charge in [-0.3, -0.25) is 0 Å². The van der Waals surface area contributed by atoms with E-state index in [1.54, 1.807) is 0 Å². The van der Waals surface area contributed by atoms with Gasteiger partial charge in [-0.2, -0.15) is 0 Å². The zero-order chi connectivity index (χ0) is 16.1. The third kappa shape index (κ3) is 13.9. The second kappa shape index (κ2) is 12.9. The molecule has 0 unspecified atom stereocenters. The fourth-order valence-electron chi connectivity index (χ4n) is 1.97. The highest BCUT2D eigenvalue weighted by Gasteiger charge is 2.10. The van der Waals surface area contributed by atoms with Gasteiger partial charge in [0.05, 0.1) is 0 Å². The van der Waals surface area contributed by atoms with Crippen LogP contribution in [0, 0.1) is 0 Å². The molecule has 0 saturated carbocycles. The van der Waals surface area contributed by atoms with Crippen molar-refractivity contribution in [2.24, 2.45) is 0 Å². The summed E-state index contributed by atoms with van der Waals surface area (Å²) in [6, 6.07) is 0. The number of carboxylic acid groups (broad SMARTS) is 1. The fourth-order valence-corrected chi connectivity index (χ4v) is 1.97. The number of unbranched alkanes of at least 4 members (excludes halogenated alkanes) is 1. The molecule has 0 aromatic heterocycles. The quantitative estimate of drug-likeness (QED) is 0.525. The molecule has 0 aliphatic carbocycles. The fraction of sp³-hybridized carbons (Fsp3) is 0.933. The standard InChI is InChI=1S/C15H33N3O3/c1-16(2)9-7-12-18(15(19)20)11-5-6-13-21-14-8-10-17(3)4/h5-14H2,1-4H3,(H,19,20). The highest BCUT2D eigenvalue weighted by Crippen LogP contribution is 2.00. The smallest absolute Gasteiger partial charge is 0.407 e. The summed E-state index contributed by atoms with van der Waals surface area (Å²) in [7, 11) is 8.10. The Hall–Kier alpha value is -0.850. The molecule has 6 heteroatoms. The maximum absolute atomic E-state index is 11.1. The minimum atomic E-state index is -0.819. The van der Waals surface area contributed by atoms with Crippen molar-refractivity contribution in [2.45, 2.75) is 25.7 Å². The lowest BCUT2D eigenvalue weighted by Crippen LogP contribution is -2.33. The number of amides is 1. The predicted molar refractivity (Wildman–Crippen MR) is 86.0 cm³/mol. The molecule has 0 spiro atoms. The first-order chi connectivity index (χ1) is 9.93. The van der Waals surface area contributed by atoms with Crippen LogP contribution >= 0.6 is 0 Å². The number of ether oxygens (including phenoxy) is 1. The van der Waals surface area contributed by atoms with Crippen molar-refractivity contribution in [1.29, 1.82) is 0 Å². The topological polar surface area (TPSA) is 56.2 Å². The van der Waals surface area contributed by atoms with Gasteiger partial charge in [0.2, 0.25) is 0 Å². The molecule has 1 N–H and O–H groups in total. The second-order valence-corrected chi connectivity index (χ2v) is 5.90. The molecule has 1 amide bonds. The van der Waals surface area contributed by atoms with Crippen molar-refractivity contribution >= 4 is 6.09 Å². The Morgan fingerprint density at radius 2 is 1.33 bits per heavy atom. The van der Waals surface area contributed by atoms with E-state index in [1.807, 2.05) is 14.1 Å². The van der Waals surface area contributed by atoms with E-state index in [-0.39, 0.29) is 0 Å². The van der Waals surface area contributed by atoms with Crippen molar-refractivity contribution < 1.29 is 14.6 Å². The van der Waals surface area contributed by atoms with Crippen molar-refractivity contribution in [3.63, 3.8) is 0 Å². The Balaban J connectivity index is 3.54. The lowest BCUT2D eigenvalue weighted by atomic mass is 10.3. The van der Waals surface area contributed by atoms with Gasteiger partial charge < -0.3 is 24.5 Å². The summed E-state index contributed by atoms with van der Waals surface area (Å²) in [5.74, 6) is 0. The van der Waals surface area contributed by atoms with Crippen molar-refractivity contribution in [3.8, 4) is 0 Å². The van der Waals surface area contributed by atoms with E-state index in [9.17, 15) is 4.79 Å². The molecule has 0 atom stereocenters. The van der Waals surface area contributed by atoms with Crippen LogP contribution in [0.5, 0.6) is 0 Å². The molecule has 0 aromatic carbocycles. The Labute approximate surface area is 129 Å². The predicted octanol–water partition coefficient (Wildman–Crippen LogP) is 1.67. The summed E-state index contributed by atoms with van der Waals surface area (Å²) in [5.41, 5.74) is 0. The van der Waals surface area contributed by atoms with Gasteiger partial charge >= 0.3 is 6.09 Å². The van der Waals surface area contributed by atoms with Crippen LogP contribution in [-0.4, -0.2) is 93.5 Å². The van der Waals surface area contributed by atoms with E-state index in [1.165, 1.54) is 4.90 Å². The monoisotopic (exact) mass is 303 g/mol. The Kier molecular flexibility index (Phi) is 12.3. The minimum Gasteiger partial charge on any atom is -0.465 e. The van der Waals surface area contributed by atoms with Gasteiger partial charge in [0.1, 0.15) is 0 Å². The second-order valence-electron chi connectivity index (χ2n) is 5.90. The van der Waals surface area contributed by atoms with E-state index < -0.39 is 6.09 Å². The Morgan fingerprint density at radius 1 is 0.810 bits per heavy atom. The molecule has 0 bridgehead atoms. The van der Waals surface area contributed by atoms with Gasteiger partial charge in [-0.25, -0.2) is 4.79 Å². The first-order valence-corrected chi connectivity index (χ1v) is 7.78. The molecule has 0 aliphatic heterocycles. The van der Waals surface area contributed by atoms with Gasteiger partial charge in [-0.1, -0.05) is 0 Å². The largest absolute Gasteiger partial charge is 0.465 e. The van der Waals surface area contributed by atoms with E-state index in [2.05, 4.69) is 23.9 Å². The van der Waals surface area contributed by atoms with E-state index in [0.717, 1.165) is 52.0 Å². The van der Waals surface area contributed by atoms with Crippen LogP contribution in [-0.2, 0) is 4.74 Å². The van der Waals surface area contributed by atoms with Crippen LogP contribution in [0.2, 0.25) is 0 Å². The van der Waals surface area contributed by atoms with Crippen molar-refractivity contribution in [3.05, 3.63) is 0 Å². The molecule has 0 rings (SSSR count). The number of rotatable bonds is 13. The average Bonchev–Trinajstić information content (AvgIpc) is 2.38. The summed E-state index contributed by atoms with van der Waals surface area (Å²) >= 11 is 0. The van der Waals surface area contributed by atoms with Gasteiger partial charge in [0.25, 0.3) is 0 Å². The molecule has 6 nitrogen and oxygen atoms in total. The minimum absolute atomic E-state index is 0.601. The first kappa shape index (κ1) is 20.1. The molecular weight excluding hydrogens is 270 g/mol. The van der Waals surface area contributed by atoms with Crippen LogP contribution in [0.25, 0.3) is 0 Å². The molecule has 0 radical (unpaired) electrons. The van der Waals surface area contributed by atoms with Crippen molar-refractivity contribution in [2.75, 3.05) is 67.6 Å². The number of nitrogens with zero attached hydrogens (tertiary/aromatic N) is 3. The number of hydrogen-bond acceptors (Lipinski definition) is 4. The lowest BCUT2D eigenvalue weighted by Gasteiger charge is -2.20. The maximum Gasteiger partial charge on any atom is 0.407 e. The van der Waals surface area contributed by atoms with Gasteiger partial charge in [-0.05, 0) is 67.0 Å². The molecule has 0 aliphatic rings. The van der Waals surface area contributed by atoms with Crippen LogP contribution in [0.1, 0.15) is 25.7 Å².